The predicted octanol–water partition coefficient (Wildman–Crippen LogP) is 4.14. The Labute approximate surface area is 141 Å². The van der Waals surface area contributed by atoms with Crippen LogP contribution in [-0.2, 0) is 0 Å². The molecule has 3 rings (SSSR count). The van der Waals surface area contributed by atoms with Crippen molar-refractivity contribution in [1.29, 1.82) is 0 Å². The Hall–Kier alpha value is -2.75. The summed E-state index contributed by atoms with van der Waals surface area (Å²) in [5, 5.41) is 0. The zero-order valence-corrected chi connectivity index (χ0v) is 14.0. The monoisotopic (exact) mass is 324 g/mol. The number of methoxy groups -OCH3 is 1. The number of para-hydroxylation sites is 2. The van der Waals surface area contributed by atoms with Crippen molar-refractivity contribution >= 4 is 11.9 Å². The van der Waals surface area contributed by atoms with Gasteiger partial charge in [0, 0.05) is 11.1 Å². The van der Waals surface area contributed by atoms with Crippen LogP contribution in [0.15, 0.2) is 48.0 Å². The summed E-state index contributed by atoms with van der Waals surface area (Å²) < 4.78 is 17.0. The van der Waals surface area contributed by atoms with Gasteiger partial charge >= 0.3 is 0 Å². The molecule has 0 N–H and O–H groups in total. The first-order chi connectivity index (χ1) is 11.6. The van der Waals surface area contributed by atoms with Crippen molar-refractivity contribution in [2.75, 3.05) is 13.7 Å². The third kappa shape index (κ3) is 3.13. The van der Waals surface area contributed by atoms with E-state index >= 15 is 0 Å². The van der Waals surface area contributed by atoms with E-state index in [0.717, 1.165) is 5.56 Å². The quantitative estimate of drug-likeness (QED) is 0.793. The minimum atomic E-state index is -0.0184. The van der Waals surface area contributed by atoms with Gasteiger partial charge in [-0.25, -0.2) is 0 Å². The number of Topliss-reactive ketones (excluding diaryl/α,β-unsaturated/α-hetero) is 1. The summed E-state index contributed by atoms with van der Waals surface area (Å²) in [6, 6.07) is 12.9. The predicted molar refractivity (Wildman–Crippen MR) is 93.0 cm³/mol. The SMILES string of the molecule is COc1cccc(C=C2COc3ccccc3C2=O)c1OC(C)C. The van der Waals surface area contributed by atoms with Gasteiger partial charge in [-0.1, -0.05) is 24.3 Å². The lowest BCUT2D eigenvalue weighted by Gasteiger charge is -2.20. The molecule has 0 atom stereocenters. The van der Waals surface area contributed by atoms with Gasteiger partial charge in [-0.2, -0.15) is 0 Å². The maximum absolute atomic E-state index is 12.7. The van der Waals surface area contributed by atoms with Crippen LogP contribution in [-0.4, -0.2) is 25.6 Å². The molecule has 1 aliphatic heterocycles. The van der Waals surface area contributed by atoms with E-state index in [1.54, 1.807) is 13.2 Å². The van der Waals surface area contributed by atoms with Crippen molar-refractivity contribution in [3.05, 3.63) is 59.2 Å². The second kappa shape index (κ2) is 6.79. The third-order valence-electron chi connectivity index (χ3n) is 3.72. The first kappa shape index (κ1) is 16.1. The van der Waals surface area contributed by atoms with E-state index in [-0.39, 0.29) is 18.5 Å². The Bertz CT molecular complexity index is 790. The Morgan fingerprint density at radius 1 is 1.12 bits per heavy atom. The second-order valence-corrected chi connectivity index (χ2v) is 5.83. The molecule has 4 nitrogen and oxygen atoms in total. The molecular weight excluding hydrogens is 304 g/mol. The highest BCUT2D eigenvalue weighted by atomic mass is 16.5. The lowest BCUT2D eigenvalue weighted by molar-refractivity contribution is 0.100. The Balaban J connectivity index is 2.02. The highest BCUT2D eigenvalue weighted by Crippen LogP contribution is 2.35. The molecule has 0 saturated carbocycles. The molecule has 0 radical (unpaired) electrons. The van der Waals surface area contributed by atoms with Crippen LogP contribution in [0.5, 0.6) is 17.2 Å². The molecule has 124 valence electrons. The Morgan fingerprint density at radius 3 is 2.67 bits per heavy atom. The fraction of sp³-hybridized carbons (Fsp3) is 0.250. The molecule has 0 amide bonds. The van der Waals surface area contributed by atoms with E-state index < -0.39 is 0 Å². The van der Waals surface area contributed by atoms with Gasteiger partial charge in [0.1, 0.15) is 12.4 Å². The summed E-state index contributed by atoms with van der Waals surface area (Å²) in [6.45, 7) is 4.15. The van der Waals surface area contributed by atoms with Crippen LogP contribution in [0.2, 0.25) is 0 Å². The number of carbonyl (C=O) groups excluding carboxylic acids is 1. The van der Waals surface area contributed by atoms with Crippen LogP contribution < -0.4 is 14.2 Å². The normalized spacial score (nSPS) is 15.2. The fourth-order valence-electron chi connectivity index (χ4n) is 2.64. The van der Waals surface area contributed by atoms with Crippen LogP contribution in [0.1, 0.15) is 29.8 Å². The smallest absolute Gasteiger partial charge is 0.196 e. The number of ketones is 1. The zero-order chi connectivity index (χ0) is 17.1. The summed E-state index contributed by atoms with van der Waals surface area (Å²) >= 11 is 0. The topological polar surface area (TPSA) is 44.8 Å². The van der Waals surface area contributed by atoms with Crippen molar-refractivity contribution in [3.63, 3.8) is 0 Å². The van der Waals surface area contributed by atoms with Crippen molar-refractivity contribution in [1.82, 2.24) is 0 Å². The van der Waals surface area contributed by atoms with E-state index in [2.05, 4.69) is 0 Å². The largest absolute Gasteiger partial charge is 0.493 e. The first-order valence-corrected chi connectivity index (χ1v) is 7.91. The van der Waals surface area contributed by atoms with Crippen LogP contribution in [0, 0.1) is 0 Å². The summed E-state index contributed by atoms with van der Waals surface area (Å²) in [7, 11) is 1.60. The molecule has 0 aromatic heterocycles. The van der Waals surface area contributed by atoms with Crippen LogP contribution >= 0.6 is 0 Å². The van der Waals surface area contributed by atoms with E-state index in [0.29, 0.717) is 28.4 Å². The van der Waals surface area contributed by atoms with Crippen LogP contribution in [0.25, 0.3) is 6.08 Å². The summed E-state index contributed by atoms with van der Waals surface area (Å²) in [4.78, 5) is 12.7. The Kier molecular flexibility index (Phi) is 4.56. The highest BCUT2D eigenvalue weighted by Gasteiger charge is 2.23. The number of carbonyl (C=O) groups is 1. The number of fused-ring (bicyclic) bond motifs is 1. The molecule has 0 bridgehead atoms. The van der Waals surface area contributed by atoms with E-state index in [4.69, 9.17) is 14.2 Å². The molecule has 0 spiro atoms. The molecule has 1 aliphatic rings. The van der Waals surface area contributed by atoms with Gasteiger partial charge in [-0.05, 0) is 38.1 Å². The van der Waals surface area contributed by atoms with Gasteiger partial charge in [0.2, 0.25) is 0 Å². The standard InChI is InChI=1S/C20H20O4/c1-13(2)24-20-14(7-6-10-18(20)22-3)11-15-12-23-17-9-5-4-8-16(17)19(15)21/h4-11,13H,12H2,1-3H3. The van der Waals surface area contributed by atoms with Gasteiger partial charge in [-0.3, -0.25) is 4.79 Å². The number of hydrogen-bond donors (Lipinski definition) is 0. The maximum atomic E-state index is 12.7. The van der Waals surface area contributed by atoms with Crippen LogP contribution in [0.3, 0.4) is 0 Å². The highest BCUT2D eigenvalue weighted by molar-refractivity contribution is 6.14. The van der Waals surface area contributed by atoms with Crippen molar-refractivity contribution in [3.8, 4) is 17.2 Å². The first-order valence-electron chi connectivity index (χ1n) is 7.91. The van der Waals surface area contributed by atoms with E-state index in [1.165, 1.54) is 0 Å². The average molecular weight is 324 g/mol. The van der Waals surface area contributed by atoms with Gasteiger partial charge in [-0.15, -0.1) is 0 Å². The molecular formula is C20H20O4. The lowest BCUT2D eigenvalue weighted by atomic mass is 9.98. The van der Waals surface area contributed by atoms with E-state index in [9.17, 15) is 4.79 Å². The van der Waals surface area contributed by atoms with Crippen molar-refractivity contribution < 1.29 is 19.0 Å². The number of benzene rings is 2. The Morgan fingerprint density at radius 2 is 1.92 bits per heavy atom. The number of hydrogen-bond acceptors (Lipinski definition) is 4. The minimum Gasteiger partial charge on any atom is -0.493 e. The van der Waals surface area contributed by atoms with Gasteiger partial charge in [0.15, 0.2) is 17.3 Å². The fourth-order valence-corrected chi connectivity index (χ4v) is 2.64. The maximum Gasteiger partial charge on any atom is 0.196 e. The molecule has 24 heavy (non-hydrogen) atoms. The zero-order valence-electron chi connectivity index (χ0n) is 14.0. The second-order valence-electron chi connectivity index (χ2n) is 5.83. The molecule has 0 unspecified atom stereocenters. The summed E-state index contributed by atoms with van der Waals surface area (Å²) in [5.41, 5.74) is 1.98. The average Bonchev–Trinajstić information content (AvgIpc) is 2.58. The van der Waals surface area contributed by atoms with Gasteiger partial charge < -0.3 is 14.2 Å². The molecule has 2 aromatic carbocycles. The summed E-state index contributed by atoms with van der Waals surface area (Å²) in [5.74, 6) is 1.89. The minimum absolute atomic E-state index is 0.00233. The van der Waals surface area contributed by atoms with Crippen molar-refractivity contribution in [2.45, 2.75) is 20.0 Å². The molecule has 1 heterocycles. The molecule has 0 aliphatic carbocycles. The third-order valence-corrected chi connectivity index (χ3v) is 3.72. The molecule has 0 fully saturated rings. The molecule has 2 aromatic rings. The summed E-state index contributed by atoms with van der Waals surface area (Å²) in [6.07, 6.45) is 1.82. The molecule has 0 saturated heterocycles. The van der Waals surface area contributed by atoms with Gasteiger partial charge in [0.25, 0.3) is 0 Å². The molecule has 4 heteroatoms. The number of ether oxygens (including phenoxy) is 3. The van der Waals surface area contributed by atoms with Crippen LogP contribution in [0.4, 0.5) is 0 Å². The lowest BCUT2D eigenvalue weighted by Crippen LogP contribution is -2.19. The van der Waals surface area contributed by atoms with E-state index in [1.807, 2.05) is 56.3 Å². The van der Waals surface area contributed by atoms with Crippen molar-refractivity contribution in [2.24, 2.45) is 0 Å². The number of rotatable bonds is 4. The van der Waals surface area contributed by atoms with Gasteiger partial charge in [0.05, 0.1) is 18.8 Å².